The third-order valence-corrected chi connectivity index (χ3v) is 3.74. The molecule has 1 fully saturated rings. The molecule has 0 saturated carbocycles. The van der Waals surface area contributed by atoms with Gasteiger partial charge in [-0.3, -0.25) is 0 Å². The minimum Gasteiger partial charge on any atom is -0.478 e. The number of fused-ring (bicyclic) bond motifs is 1. The van der Waals surface area contributed by atoms with E-state index >= 15 is 0 Å². The fraction of sp³-hybridized carbons (Fsp3) is 0.467. The predicted molar refractivity (Wildman–Crippen MR) is 79.7 cm³/mol. The van der Waals surface area contributed by atoms with Gasteiger partial charge in [-0.25, -0.2) is 4.79 Å². The standard InChI is InChI=1S/C15H19N3O3/c1-10(9-18-6-2-3-7-18)16-15-17-12-5-4-11(14(19)20)8-13(12)21-15/h4-5,8,10H,2-3,6-7,9H2,1H3,(H,16,17)(H,19,20). The van der Waals surface area contributed by atoms with Crippen molar-refractivity contribution in [1.82, 2.24) is 9.88 Å². The highest BCUT2D eigenvalue weighted by Crippen LogP contribution is 2.21. The highest BCUT2D eigenvalue weighted by Gasteiger charge is 2.16. The minimum absolute atomic E-state index is 0.204. The lowest BCUT2D eigenvalue weighted by Crippen LogP contribution is -2.33. The Labute approximate surface area is 122 Å². The lowest BCUT2D eigenvalue weighted by molar-refractivity contribution is 0.0697. The van der Waals surface area contributed by atoms with Crippen LogP contribution in [0.1, 0.15) is 30.1 Å². The van der Waals surface area contributed by atoms with Gasteiger partial charge in [0.05, 0.1) is 5.56 Å². The summed E-state index contributed by atoms with van der Waals surface area (Å²) in [6.07, 6.45) is 2.54. The van der Waals surface area contributed by atoms with Crippen molar-refractivity contribution in [1.29, 1.82) is 0 Å². The molecule has 1 unspecified atom stereocenters. The SMILES string of the molecule is CC(CN1CCCC1)Nc1nc2ccc(C(=O)O)cc2o1. The van der Waals surface area contributed by atoms with Gasteiger partial charge in [0.2, 0.25) is 0 Å². The van der Waals surface area contributed by atoms with Crippen LogP contribution >= 0.6 is 0 Å². The first-order valence-corrected chi connectivity index (χ1v) is 7.24. The second-order valence-electron chi connectivity index (χ2n) is 5.56. The van der Waals surface area contributed by atoms with Crippen molar-refractivity contribution in [3.05, 3.63) is 23.8 Å². The van der Waals surface area contributed by atoms with E-state index in [1.165, 1.54) is 25.0 Å². The Balaban J connectivity index is 1.70. The molecule has 2 aromatic rings. The van der Waals surface area contributed by atoms with Gasteiger partial charge >= 0.3 is 5.97 Å². The molecule has 2 heterocycles. The Hall–Kier alpha value is -2.08. The number of nitrogens with zero attached hydrogens (tertiary/aromatic N) is 2. The van der Waals surface area contributed by atoms with E-state index < -0.39 is 5.97 Å². The Morgan fingerprint density at radius 3 is 2.95 bits per heavy atom. The van der Waals surface area contributed by atoms with E-state index in [2.05, 4.69) is 22.1 Å². The number of carboxylic acid groups (broad SMARTS) is 1. The maximum atomic E-state index is 10.9. The van der Waals surface area contributed by atoms with Crippen LogP contribution in [0.2, 0.25) is 0 Å². The van der Waals surface area contributed by atoms with Crippen molar-refractivity contribution in [2.45, 2.75) is 25.8 Å². The zero-order chi connectivity index (χ0) is 14.8. The van der Waals surface area contributed by atoms with E-state index in [0.717, 1.165) is 19.6 Å². The molecule has 2 N–H and O–H groups in total. The van der Waals surface area contributed by atoms with Crippen LogP contribution in [0, 0.1) is 0 Å². The zero-order valence-electron chi connectivity index (χ0n) is 12.0. The molecule has 112 valence electrons. The van der Waals surface area contributed by atoms with Gasteiger partial charge in [-0.2, -0.15) is 4.98 Å². The van der Waals surface area contributed by atoms with Gasteiger partial charge in [0.25, 0.3) is 6.01 Å². The maximum Gasteiger partial charge on any atom is 0.335 e. The van der Waals surface area contributed by atoms with E-state index in [-0.39, 0.29) is 11.6 Å². The number of hydrogen-bond acceptors (Lipinski definition) is 5. The summed E-state index contributed by atoms with van der Waals surface area (Å²) in [6.45, 7) is 5.36. The van der Waals surface area contributed by atoms with Gasteiger partial charge < -0.3 is 19.7 Å². The molecule has 0 spiro atoms. The van der Waals surface area contributed by atoms with Crippen molar-refractivity contribution in [3.8, 4) is 0 Å². The second-order valence-corrected chi connectivity index (χ2v) is 5.56. The van der Waals surface area contributed by atoms with Crippen molar-refractivity contribution in [3.63, 3.8) is 0 Å². The smallest absolute Gasteiger partial charge is 0.335 e. The molecule has 1 aliphatic rings. The molecule has 1 aromatic heterocycles. The minimum atomic E-state index is -0.967. The molecule has 0 amide bonds. The average molecular weight is 289 g/mol. The van der Waals surface area contributed by atoms with E-state index in [9.17, 15) is 4.79 Å². The van der Waals surface area contributed by atoms with Crippen LogP contribution in [-0.2, 0) is 0 Å². The van der Waals surface area contributed by atoms with Crippen molar-refractivity contribution in [2.75, 3.05) is 25.0 Å². The van der Waals surface area contributed by atoms with Crippen LogP contribution in [-0.4, -0.2) is 46.6 Å². The van der Waals surface area contributed by atoms with Gasteiger partial charge in [-0.05, 0) is 51.1 Å². The molecule has 0 aliphatic carbocycles. The number of oxazole rings is 1. The first kappa shape index (κ1) is 13.9. The first-order valence-electron chi connectivity index (χ1n) is 7.24. The summed E-state index contributed by atoms with van der Waals surface area (Å²) in [6, 6.07) is 5.37. The topological polar surface area (TPSA) is 78.6 Å². The molecular formula is C15H19N3O3. The molecule has 1 aromatic carbocycles. The number of anilines is 1. The molecular weight excluding hydrogens is 270 g/mol. The number of carboxylic acids is 1. The Kier molecular flexibility index (Phi) is 3.79. The summed E-state index contributed by atoms with van der Waals surface area (Å²) in [5.41, 5.74) is 1.36. The third kappa shape index (κ3) is 3.16. The van der Waals surface area contributed by atoms with Crippen molar-refractivity contribution >= 4 is 23.1 Å². The Morgan fingerprint density at radius 2 is 2.24 bits per heavy atom. The van der Waals surface area contributed by atoms with E-state index in [1.54, 1.807) is 6.07 Å². The summed E-state index contributed by atoms with van der Waals surface area (Å²) >= 11 is 0. The van der Waals surface area contributed by atoms with Crippen LogP contribution in [0.15, 0.2) is 22.6 Å². The molecule has 1 atom stereocenters. The highest BCUT2D eigenvalue weighted by atomic mass is 16.4. The largest absolute Gasteiger partial charge is 0.478 e. The fourth-order valence-corrected chi connectivity index (χ4v) is 2.73. The lowest BCUT2D eigenvalue weighted by atomic mass is 10.2. The van der Waals surface area contributed by atoms with Crippen LogP contribution in [0.4, 0.5) is 6.01 Å². The summed E-state index contributed by atoms with van der Waals surface area (Å²) < 4.78 is 5.59. The fourth-order valence-electron chi connectivity index (χ4n) is 2.73. The summed E-state index contributed by atoms with van der Waals surface area (Å²) in [7, 11) is 0. The van der Waals surface area contributed by atoms with Crippen molar-refractivity contribution in [2.24, 2.45) is 0 Å². The summed E-state index contributed by atoms with van der Waals surface area (Å²) in [5.74, 6) is -0.967. The zero-order valence-corrected chi connectivity index (χ0v) is 12.0. The Bertz CT molecular complexity index is 647. The Morgan fingerprint density at radius 1 is 1.48 bits per heavy atom. The highest BCUT2D eigenvalue weighted by molar-refractivity contribution is 5.92. The first-order chi connectivity index (χ1) is 10.1. The quantitative estimate of drug-likeness (QED) is 0.880. The molecule has 6 nitrogen and oxygen atoms in total. The summed E-state index contributed by atoms with van der Waals surface area (Å²) in [4.78, 5) is 17.7. The number of aromatic nitrogens is 1. The number of aromatic carboxylic acids is 1. The number of carbonyl (C=O) groups is 1. The van der Waals surface area contributed by atoms with Crippen LogP contribution in [0.3, 0.4) is 0 Å². The van der Waals surface area contributed by atoms with Gasteiger partial charge in [0.1, 0.15) is 5.52 Å². The number of nitrogens with one attached hydrogen (secondary N) is 1. The van der Waals surface area contributed by atoms with Gasteiger partial charge in [-0.15, -0.1) is 0 Å². The van der Waals surface area contributed by atoms with Crippen LogP contribution in [0.25, 0.3) is 11.1 Å². The molecule has 0 bridgehead atoms. The van der Waals surface area contributed by atoms with Crippen molar-refractivity contribution < 1.29 is 14.3 Å². The number of likely N-dealkylation sites (tertiary alicyclic amines) is 1. The molecule has 3 rings (SSSR count). The predicted octanol–water partition coefficient (Wildman–Crippen LogP) is 2.42. The van der Waals surface area contributed by atoms with Gasteiger partial charge in [-0.1, -0.05) is 0 Å². The third-order valence-electron chi connectivity index (χ3n) is 3.74. The monoisotopic (exact) mass is 289 g/mol. The van der Waals surface area contributed by atoms with E-state index in [1.807, 2.05) is 0 Å². The second kappa shape index (κ2) is 5.73. The number of rotatable bonds is 5. The van der Waals surface area contributed by atoms with Crippen LogP contribution in [0.5, 0.6) is 0 Å². The molecule has 21 heavy (non-hydrogen) atoms. The summed E-state index contributed by atoms with van der Waals surface area (Å²) in [5, 5.41) is 12.2. The maximum absolute atomic E-state index is 10.9. The molecule has 1 saturated heterocycles. The lowest BCUT2D eigenvalue weighted by Gasteiger charge is -2.20. The number of benzene rings is 1. The van der Waals surface area contributed by atoms with Crippen LogP contribution < -0.4 is 5.32 Å². The van der Waals surface area contributed by atoms with Gasteiger partial charge in [0, 0.05) is 12.6 Å². The van der Waals surface area contributed by atoms with E-state index in [0.29, 0.717) is 17.1 Å². The molecule has 1 aliphatic heterocycles. The van der Waals surface area contributed by atoms with E-state index in [4.69, 9.17) is 9.52 Å². The molecule has 6 heteroatoms. The normalized spacial score (nSPS) is 17.2. The molecule has 0 radical (unpaired) electrons. The number of hydrogen-bond donors (Lipinski definition) is 2. The average Bonchev–Trinajstić information content (AvgIpc) is 3.05. The van der Waals surface area contributed by atoms with Gasteiger partial charge in [0.15, 0.2) is 5.58 Å².